The van der Waals surface area contributed by atoms with Crippen LogP contribution in [-0.4, -0.2) is 42.4 Å². The number of carbonyl (C=O) groups excluding carboxylic acids is 1. The Hall–Kier alpha value is -2.07. The van der Waals surface area contributed by atoms with Gasteiger partial charge in [0.2, 0.25) is 15.9 Å². The molecule has 8 nitrogen and oxygen atoms in total. The number of nitro groups is 1. The van der Waals surface area contributed by atoms with E-state index in [0.29, 0.717) is 12.8 Å². The molecule has 1 aliphatic rings. The summed E-state index contributed by atoms with van der Waals surface area (Å²) in [6.07, 6.45) is 0.642. The quantitative estimate of drug-likeness (QED) is 0.636. The van der Waals surface area contributed by atoms with Crippen LogP contribution in [0.3, 0.4) is 0 Å². The second kappa shape index (κ2) is 7.22. The van der Waals surface area contributed by atoms with E-state index in [1.165, 1.54) is 4.31 Å². The van der Waals surface area contributed by atoms with E-state index in [9.17, 15) is 27.7 Å². The van der Waals surface area contributed by atoms with Crippen molar-refractivity contribution in [2.24, 2.45) is 5.92 Å². The van der Waals surface area contributed by atoms with Crippen LogP contribution in [0.2, 0.25) is 0 Å². The number of carbonyl (C=O) groups is 1. The molecule has 1 aliphatic heterocycles. The summed E-state index contributed by atoms with van der Waals surface area (Å²) in [6, 6.07) is 2.90. The normalized spacial score (nSPS) is 16.8. The Kier molecular flexibility index (Phi) is 5.50. The first-order valence-corrected chi connectivity index (χ1v) is 9.08. The van der Waals surface area contributed by atoms with Crippen LogP contribution in [0.5, 0.6) is 0 Å². The fourth-order valence-corrected chi connectivity index (χ4v) is 3.67. The van der Waals surface area contributed by atoms with Crippen LogP contribution in [0.15, 0.2) is 18.2 Å². The lowest BCUT2D eigenvalue weighted by Gasteiger charge is -2.30. The summed E-state index contributed by atoms with van der Waals surface area (Å²) in [4.78, 5) is 22.3. The molecule has 1 fully saturated rings. The Morgan fingerprint density at radius 1 is 1.42 bits per heavy atom. The number of hydrogen-bond acceptors (Lipinski definition) is 5. The highest BCUT2D eigenvalue weighted by atomic mass is 32.2. The lowest BCUT2D eigenvalue weighted by molar-refractivity contribution is -0.384. The maximum absolute atomic E-state index is 13.7. The zero-order valence-corrected chi connectivity index (χ0v) is 13.9. The summed E-state index contributed by atoms with van der Waals surface area (Å²) in [7, 11) is -3.28. The molecular formula is C14H18FN3O5S. The fourth-order valence-electron chi connectivity index (χ4n) is 2.54. The van der Waals surface area contributed by atoms with Crippen molar-refractivity contribution < 1.29 is 22.5 Å². The Balaban J connectivity index is 2.02. The number of sulfonamides is 1. The summed E-state index contributed by atoms with van der Waals surface area (Å²) in [5.74, 6) is -1.70. The summed E-state index contributed by atoms with van der Waals surface area (Å²) in [5, 5.41) is 13.1. The molecule has 1 N–H and O–H groups in total. The van der Waals surface area contributed by atoms with E-state index in [2.05, 4.69) is 5.32 Å². The molecular weight excluding hydrogens is 341 g/mol. The average Bonchev–Trinajstić information content (AvgIpc) is 2.56. The minimum atomic E-state index is -3.28. The first-order chi connectivity index (χ1) is 11.2. The first kappa shape index (κ1) is 18.3. The van der Waals surface area contributed by atoms with Gasteiger partial charge in [0.05, 0.1) is 16.4 Å². The number of halogens is 1. The van der Waals surface area contributed by atoms with Crippen molar-refractivity contribution in [1.82, 2.24) is 4.31 Å². The number of benzene rings is 1. The predicted octanol–water partition coefficient (Wildman–Crippen LogP) is 1.73. The van der Waals surface area contributed by atoms with Crippen molar-refractivity contribution in [3.8, 4) is 0 Å². The average molecular weight is 359 g/mol. The lowest BCUT2D eigenvalue weighted by Crippen LogP contribution is -2.42. The number of piperidine rings is 1. The molecule has 2 rings (SSSR count). The van der Waals surface area contributed by atoms with Gasteiger partial charge in [-0.3, -0.25) is 14.9 Å². The van der Waals surface area contributed by atoms with E-state index in [1.54, 1.807) is 6.92 Å². The lowest BCUT2D eigenvalue weighted by atomic mass is 9.97. The maximum Gasteiger partial charge on any atom is 0.271 e. The number of nitrogens with zero attached hydrogens (tertiary/aromatic N) is 2. The van der Waals surface area contributed by atoms with Crippen LogP contribution >= 0.6 is 0 Å². The van der Waals surface area contributed by atoms with Gasteiger partial charge >= 0.3 is 0 Å². The van der Waals surface area contributed by atoms with Crippen LogP contribution in [0, 0.1) is 21.8 Å². The Morgan fingerprint density at radius 2 is 2.04 bits per heavy atom. The number of non-ortho nitro benzene ring substituents is 1. The Bertz CT molecular complexity index is 745. The molecule has 0 bridgehead atoms. The van der Waals surface area contributed by atoms with E-state index in [1.807, 2.05) is 0 Å². The Morgan fingerprint density at radius 3 is 2.58 bits per heavy atom. The largest absolute Gasteiger partial charge is 0.323 e. The summed E-state index contributed by atoms with van der Waals surface area (Å²) >= 11 is 0. The van der Waals surface area contributed by atoms with Gasteiger partial charge in [-0.1, -0.05) is 0 Å². The molecule has 0 atom stereocenters. The number of nitro benzene ring substituents is 1. The van der Waals surface area contributed by atoms with Gasteiger partial charge in [-0.05, 0) is 25.8 Å². The summed E-state index contributed by atoms with van der Waals surface area (Å²) < 4.78 is 38.6. The molecule has 1 aromatic carbocycles. The van der Waals surface area contributed by atoms with Crippen LogP contribution < -0.4 is 5.32 Å². The minimum absolute atomic E-state index is 0.00274. The number of rotatable bonds is 5. The first-order valence-electron chi connectivity index (χ1n) is 7.47. The Labute approximate surface area is 138 Å². The molecule has 1 heterocycles. The molecule has 0 aromatic heterocycles. The van der Waals surface area contributed by atoms with E-state index >= 15 is 0 Å². The molecule has 0 aliphatic carbocycles. The maximum atomic E-state index is 13.7. The molecule has 10 heteroatoms. The number of nitrogens with one attached hydrogen (secondary N) is 1. The topological polar surface area (TPSA) is 110 Å². The highest BCUT2D eigenvalue weighted by Gasteiger charge is 2.30. The van der Waals surface area contributed by atoms with E-state index < -0.39 is 32.6 Å². The highest BCUT2D eigenvalue weighted by molar-refractivity contribution is 7.89. The SMILES string of the molecule is CCS(=O)(=O)N1CCC(C(=O)Nc2cc([N+](=O)[O-])ccc2F)CC1. The standard InChI is InChI=1S/C14H18FN3O5S/c1-2-24(22,23)17-7-5-10(6-8-17)14(19)16-13-9-11(18(20)21)3-4-12(13)15/h3-4,9-10H,2,5-8H2,1H3,(H,16,19). The molecule has 24 heavy (non-hydrogen) atoms. The number of anilines is 1. The van der Waals surface area contributed by atoms with Gasteiger partial charge in [0.1, 0.15) is 5.82 Å². The van der Waals surface area contributed by atoms with Crippen molar-refractivity contribution in [3.63, 3.8) is 0 Å². The smallest absolute Gasteiger partial charge is 0.271 e. The van der Waals surface area contributed by atoms with Crippen molar-refractivity contribution in [1.29, 1.82) is 0 Å². The van der Waals surface area contributed by atoms with Crippen molar-refractivity contribution in [3.05, 3.63) is 34.1 Å². The minimum Gasteiger partial charge on any atom is -0.323 e. The van der Waals surface area contributed by atoms with Gasteiger partial charge < -0.3 is 5.32 Å². The van der Waals surface area contributed by atoms with E-state index in [0.717, 1.165) is 18.2 Å². The van der Waals surface area contributed by atoms with Gasteiger partial charge in [0.15, 0.2) is 0 Å². The molecule has 1 saturated heterocycles. The van der Waals surface area contributed by atoms with Crippen LogP contribution in [0.25, 0.3) is 0 Å². The zero-order valence-electron chi connectivity index (χ0n) is 13.1. The zero-order chi connectivity index (χ0) is 17.9. The third-order valence-electron chi connectivity index (χ3n) is 4.00. The predicted molar refractivity (Wildman–Crippen MR) is 85.4 cm³/mol. The number of hydrogen-bond donors (Lipinski definition) is 1. The third-order valence-corrected chi connectivity index (χ3v) is 5.88. The summed E-state index contributed by atoms with van der Waals surface area (Å²) in [6.45, 7) is 2.01. The number of amides is 1. The monoisotopic (exact) mass is 359 g/mol. The van der Waals surface area contributed by atoms with E-state index in [4.69, 9.17) is 0 Å². The summed E-state index contributed by atoms with van der Waals surface area (Å²) in [5.41, 5.74) is -0.576. The molecule has 0 spiro atoms. The van der Waals surface area contributed by atoms with Crippen molar-refractivity contribution in [2.45, 2.75) is 19.8 Å². The van der Waals surface area contributed by atoms with Gasteiger partial charge in [0, 0.05) is 31.1 Å². The van der Waals surface area contributed by atoms with Gasteiger partial charge in [-0.2, -0.15) is 0 Å². The van der Waals surface area contributed by atoms with Crippen LogP contribution in [0.4, 0.5) is 15.8 Å². The molecule has 132 valence electrons. The second-order valence-electron chi connectivity index (χ2n) is 5.48. The van der Waals surface area contributed by atoms with Gasteiger partial charge in [-0.25, -0.2) is 17.1 Å². The van der Waals surface area contributed by atoms with Gasteiger partial charge in [-0.15, -0.1) is 0 Å². The second-order valence-corrected chi connectivity index (χ2v) is 7.74. The molecule has 0 radical (unpaired) electrons. The molecule has 0 saturated carbocycles. The van der Waals surface area contributed by atoms with Crippen molar-refractivity contribution >= 4 is 27.3 Å². The highest BCUT2D eigenvalue weighted by Crippen LogP contribution is 2.25. The van der Waals surface area contributed by atoms with Crippen LogP contribution in [0.1, 0.15) is 19.8 Å². The third kappa shape index (κ3) is 4.06. The molecule has 1 aromatic rings. The van der Waals surface area contributed by atoms with Gasteiger partial charge in [0.25, 0.3) is 5.69 Å². The molecule has 1 amide bonds. The van der Waals surface area contributed by atoms with Crippen molar-refractivity contribution in [2.75, 3.05) is 24.2 Å². The fraction of sp³-hybridized carbons (Fsp3) is 0.500. The van der Waals surface area contributed by atoms with E-state index in [-0.39, 0.29) is 30.2 Å². The molecule has 0 unspecified atom stereocenters. The van der Waals surface area contributed by atoms with Crippen LogP contribution in [-0.2, 0) is 14.8 Å².